The van der Waals surface area contributed by atoms with Crippen molar-refractivity contribution in [2.45, 2.75) is 13.0 Å². The fourth-order valence-corrected chi connectivity index (χ4v) is 2.84. The molecule has 0 radical (unpaired) electrons. The Kier molecular flexibility index (Phi) is 6.40. The van der Waals surface area contributed by atoms with Crippen molar-refractivity contribution in [3.63, 3.8) is 0 Å². The molecule has 1 aliphatic heterocycles. The first-order chi connectivity index (χ1) is 14.0. The summed E-state index contributed by atoms with van der Waals surface area (Å²) in [5.74, 6) is -0.527. The Balaban J connectivity index is 1.60. The topological polar surface area (TPSA) is 111 Å². The van der Waals surface area contributed by atoms with E-state index in [9.17, 15) is 19.7 Å². The molecule has 1 N–H and O–H groups in total. The Bertz CT molecular complexity index is 893. The van der Waals surface area contributed by atoms with Gasteiger partial charge >= 0.3 is 5.69 Å². The third kappa shape index (κ3) is 5.08. The summed E-state index contributed by atoms with van der Waals surface area (Å²) in [5.41, 5.74) is 0.804. The van der Waals surface area contributed by atoms with Crippen molar-refractivity contribution < 1.29 is 24.0 Å². The Hall–Kier alpha value is -3.46. The lowest BCUT2D eigenvalue weighted by Gasteiger charge is -2.26. The van der Waals surface area contributed by atoms with Crippen LogP contribution in [-0.4, -0.2) is 54.0 Å². The van der Waals surface area contributed by atoms with Gasteiger partial charge < -0.3 is 19.7 Å². The minimum Gasteiger partial charge on any atom is -0.474 e. The second-order valence-corrected chi connectivity index (χ2v) is 6.46. The number of nitro benzene ring substituents is 1. The molecule has 9 nitrogen and oxygen atoms in total. The maximum absolute atomic E-state index is 12.4. The van der Waals surface area contributed by atoms with E-state index in [1.165, 1.54) is 25.1 Å². The molecule has 3 rings (SSSR count). The van der Waals surface area contributed by atoms with Crippen LogP contribution in [0.2, 0.25) is 0 Å². The van der Waals surface area contributed by atoms with Gasteiger partial charge in [0.25, 0.3) is 11.8 Å². The summed E-state index contributed by atoms with van der Waals surface area (Å²) in [4.78, 5) is 37.0. The molecule has 1 aliphatic rings. The molecule has 2 amide bonds. The number of nitrogens with one attached hydrogen (secondary N) is 1. The zero-order valence-electron chi connectivity index (χ0n) is 15.9. The molecule has 1 atom stereocenters. The van der Waals surface area contributed by atoms with Crippen LogP contribution in [-0.2, 0) is 9.53 Å². The van der Waals surface area contributed by atoms with Gasteiger partial charge in [-0.1, -0.05) is 12.1 Å². The van der Waals surface area contributed by atoms with Crippen molar-refractivity contribution in [1.29, 1.82) is 0 Å². The molecule has 0 spiro atoms. The summed E-state index contributed by atoms with van der Waals surface area (Å²) in [6, 6.07) is 12.4. The van der Waals surface area contributed by atoms with Gasteiger partial charge in [0.15, 0.2) is 11.9 Å². The number of benzene rings is 2. The molecule has 2 aromatic rings. The molecule has 152 valence electrons. The van der Waals surface area contributed by atoms with Gasteiger partial charge in [-0.25, -0.2) is 0 Å². The highest BCUT2D eigenvalue weighted by molar-refractivity contribution is 5.97. The van der Waals surface area contributed by atoms with Gasteiger partial charge in [0, 0.05) is 30.4 Å². The molecule has 29 heavy (non-hydrogen) atoms. The fourth-order valence-electron chi connectivity index (χ4n) is 2.84. The number of amides is 2. The molecule has 0 saturated carbocycles. The number of para-hydroxylation sites is 2. The summed E-state index contributed by atoms with van der Waals surface area (Å²) in [7, 11) is 0. The molecule has 1 fully saturated rings. The zero-order valence-corrected chi connectivity index (χ0v) is 15.9. The lowest BCUT2D eigenvalue weighted by Crippen LogP contribution is -2.40. The molecule has 1 heterocycles. The quantitative estimate of drug-likeness (QED) is 0.590. The van der Waals surface area contributed by atoms with E-state index < -0.39 is 16.9 Å². The summed E-state index contributed by atoms with van der Waals surface area (Å²) >= 11 is 0. The molecule has 1 unspecified atom stereocenters. The van der Waals surface area contributed by atoms with Crippen LogP contribution >= 0.6 is 0 Å². The highest BCUT2D eigenvalue weighted by Gasteiger charge is 2.21. The molecule has 0 bridgehead atoms. The standard InChI is InChI=1S/C20H21N3O6/c1-14(29-18-5-3-2-4-17(18)23(26)27)19(24)21-16-8-6-15(7-9-16)20(25)22-10-12-28-13-11-22/h2-9,14H,10-13H2,1H3,(H,21,24). The minimum atomic E-state index is -0.953. The SMILES string of the molecule is CC(Oc1ccccc1[N+](=O)[O-])C(=O)Nc1ccc(C(=O)N2CCOCC2)cc1. The molecule has 1 saturated heterocycles. The first kappa shape index (κ1) is 20.3. The average molecular weight is 399 g/mol. The van der Waals surface area contributed by atoms with Crippen LogP contribution in [0.3, 0.4) is 0 Å². The minimum absolute atomic E-state index is 0.0200. The zero-order chi connectivity index (χ0) is 20.8. The van der Waals surface area contributed by atoms with Crippen molar-refractivity contribution in [3.8, 4) is 5.75 Å². The number of ether oxygens (including phenoxy) is 2. The van der Waals surface area contributed by atoms with Crippen molar-refractivity contribution in [2.24, 2.45) is 0 Å². The fraction of sp³-hybridized carbons (Fsp3) is 0.300. The number of rotatable bonds is 6. The van der Waals surface area contributed by atoms with Gasteiger partial charge in [0.05, 0.1) is 18.1 Å². The second kappa shape index (κ2) is 9.16. The maximum Gasteiger partial charge on any atom is 0.310 e. The van der Waals surface area contributed by atoms with E-state index in [1.54, 1.807) is 35.2 Å². The van der Waals surface area contributed by atoms with Crippen molar-refractivity contribution in [3.05, 3.63) is 64.2 Å². The highest BCUT2D eigenvalue weighted by atomic mass is 16.6. The number of anilines is 1. The summed E-state index contributed by atoms with van der Waals surface area (Å²) in [6.45, 7) is 3.66. The Morgan fingerprint density at radius 2 is 1.79 bits per heavy atom. The number of nitrogens with zero attached hydrogens (tertiary/aromatic N) is 2. The number of hydrogen-bond donors (Lipinski definition) is 1. The average Bonchev–Trinajstić information content (AvgIpc) is 2.74. The molecule has 9 heteroatoms. The monoisotopic (exact) mass is 399 g/mol. The third-order valence-electron chi connectivity index (χ3n) is 4.43. The van der Waals surface area contributed by atoms with Crippen LogP contribution in [0.5, 0.6) is 5.75 Å². The third-order valence-corrected chi connectivity index (χ3v) is 4.43. The summed E-state index contributed by atoms with van der Waals surface area (Å²) in [6.07, 6.45) is -0.953. The first-order valence-electron chi connectivity index (χ1n) is 9.13. The van der Waals surface area contributed by atoms with Gasteiger partial charge in [-0.3, -0.25) is 19.7 Å². The van der Waals surface area contributed by atoms with Gasteiger partial charge in [0.2, 0.25) is 0 Å². The van der Waals surface area contributed by atoms with Crippen molar-refractivity contribution >= 4 is 23.2 Å². The highest BCUT2D eigenvalue weighted by Crippen LogP contribution is 2.27. The molecular formula is C20H21N3O6. The lowest BCUT2D eigenvalue weighted by molar-refractivity contribution is -0.386. The van der Waals surface area contributed by atoms with Crippen LogP contribution < -0.4 is 10.1 Å². The van der Waals surface area contributed by atoms with E-state index in [0.29, 0.717) is 37.6 Å². The Labute approximate surface area is 167 Å². The van der Waals surface area contributed by atoms with Crippen LogP contribution in [0.15, 0.2) is 48.5 Å². The molecule has 2 aromatic carbocycles. The maximum atomic E-state index is 12.4. The predicted octanol–water partition coefficient (Wildman–Crippen LogP) is 2.47. The molecular weight excluding hydrogens is 378 g/mol. The number of morpholine rings is 1. The summed E-state index contributed by atoms with van der Waals surface area (Å²) < 4.78 is 10.7. The first-order valence-corrected chi connectivity index (χ1v) is 9.13. The number of hydrogen-bond acceptors (Lipinski definition) is 6. The van der Waals surface area contributed by atoms with Gasteiger partial charge in [-0.05, 0) is 37.3 Å². The van der Waals surface area contributed by atoms with E-state index in [2.05, 4.69) is 5.32 Å². The van der Waals surface area contributed by atoms with Crippen LogP contribution in [0.1, 0.15) is 17.3 Å². The van der Waals surface area contributed by atoms with E-state index in [4.69, 9.17) is 9.47 Å². The normalized spacial score (nSPS) is 14.7. The van der Waals surface area contributed by atoms with E-state index >= 15 is 0 Å². The Morgan fingerprint density at radius 3 is 2.45 bits per heavy atom. The Morgan fingerprint density at radius 1 is 1.14 bits per heavy atom. The van der Waals surface area contributed by atoms with E-state index in [-0.39, 0.29) is 17.3 Å². The van der Waals surface area contributed by atoms with Crippen molar-refractivity contribution in [1.82, 2.24) is 4.90 Å². The second-order valence-electron chi connectivity index (χ2n) is 6.46. The molecule has 0 aliphatic carbocycles. The number of carbonyl (C=O) groups excluding carboxylic acids is 2. The van der Waals surface area contributed by atoms with Gasteiger partial charge in [-0.15, -0.1) is 0 Å². The number of carbonyl (C=O) groups is 2. The van der Waals surface area contributed by atoms with E-state index in [1.807, 2.05) is 0 Å². The van der Waals surface area contributed by atoms with Gasteiger partial charge in [-0.2, -0.15) is 0 Å². The van der Waals surface area contributed by atoms with Crippen LogP contribution in [0.4, 0.5) is 11.4 Å². The summed E-state index contributed by atoms with van der Waals surface area (Å²) in [5, 5.41) is 13.7. The lowest BCUT2D eigenvalue weighted by atomic mass is 10.1. The smallest absolute Gasteiger partial charge is 0.310 e. The largest absolute Gasteiger partial charge is 0.474 e. The van der Waals surface area contributed by atoms with Gasteiger partial charge in [0.1, 0.15) is 0 Å². The van der Waals surface area contributed by atoms with E-state index in [0.717, 1.165) is 0 Å². The van der Waals surface area contributed by atoms with Crippen LogP contribution in [0, 0.1) is 10.1 Å². The predicted molar refractivity (Wildman–Crippen MR) is 105 cm³/mol. The number of nitro groups is 1. The molecule has 0 aromatic heterocycles. The van der Waals surface area contributed by atoms with Crippen molar-refractivity contribution in [2.75, 3.05) is 31.6 Å². The van der Waals surface area contributed by atoms with Crippen LogP contribution in [0.25, 0.3) is 0 Å².